The van der Waals surface area contributed by atoms with Gasteiger partial charge in [-0.15, -0.1) is 0 Å². The predicted octanol–water partition coefficient (Wildman–Crippen LogP) is 5.77. The zero-order valence-corrected chi connectivity index (χ0v) is 22.1. The van der Waals surface area contributed by atoms with Crippen LogP contribution in [0.2, 0.25) is 0 Å². The number of anilines is 1. The third-order valence-electron chi connectivity index (χ3n) is 6.66. The van der Waals surface area contributed by atoms with Gasteiger partial charge >= 0.3 is 0 Å². The maximum Gasteiger partial charge on any atom is 0.171 e. The van der Waals surface area contributed by atoms with E-state index in [9.17, 15) is 14.8 Å². The minimum Gasteiger partial charge on any atom is -0.507 e. The van der Waals surface area contributed by atoms with Crippen molar-refractivity contribution in [2.45, 2.75) is 31.0 Å². The third kappa shape index (κ3) is 4.66. The molecule has 194 valence electrons. The second-order valence-electron chi connectivity index (χ2n) is 10.0. The number of halogens is 1. The van der Waals surface area contributed by atoms with E-state index in [1.165, 1.54) is 18.3 Å². The average Bonchev–Trinajstić information content (AvgIpc) is 3.46. The fraction of sp³-hybridized carbons (Fsp3) is 0.207. The molecule has 4 heterocycles. The summed E-state index contributed by atoms with van der Waals surface area (Å²) in [5.41, 5.74) is 4.50. The van der Waals surface area contributed by atoms with Gasteiger partial charge in [-0.3, -0.25) is 9.55 Å². The summed E-state index contributed by atoms with van der Waals surface area (Å²) in [6, 6.07) is 15.4. The van der Waals surface area contributed by atoms with Gasteiger partial charge in [0.25, 0.3) is 0 Å². The quantitative estimate of drug-likeness (QED) is 0.281. The van der Waals surface area contributed by atoms with Gasteiger partial charge in [0, 0.05) is 35.8 Å². The summed E-state index contributed by atoms with van der Waals surface area (Å²) in [6.45, 7) is 4.85. The maximum absolute atomic E-state index is 13.8. The van der Waals surface area contributed by atoms with E-state index in [1.807, 2.05) is 12.1 Å². The van der Waals surface area contributed by atoms with E-state index in [4.69, 9.17) is 15.0 Å². The number of nitrogens with zero attached hydrogens (tertiary/aromatic N) is 6. The molecule has 5 aromatic rings. The number of nitriles is 1. The topological polar surface area (TPSA) is 113 Å². The van der Waals surface area contributed by atoms with Crippen molar-refractivity contribution in [2.24, 2.45) is 0 Å². The predicted molar refractivity (Wildman–Crippen MR) is 149 cm³/mol. The summed E-state index contributed by atoms with van der Waals surface area (Å²) in [4.78, 5) is 18.7. The van der Waals surface area contributed by atoms with Gasteiger partial charge in [0.1, 0.15) is 17.6 Å². The number of phenolic OH excluding ortho intramolecular Hbond substituents is 1. The number of hydrogen-bond acceptors (Lipinski definition) is 8. The molecule has 8 nitrogen and oxygen atoms in total. The van der Waals surface area contributed by atoms with Gasteiger partial charge < -0.3 is 10.4 Å². The first-order chi connectivity index (χ1) is 18.8. The summed E-state index contributed by atoms with van der Waals surface area (Å²) >= 11 is 1.69. The van der Waals surface area contributed by atoms with Gasteiger partial charge in [0.05, 0.1) is 11.1 Å². The lowest BCUT2D eigenvalue weighted by Gasteiger charge is -2.20. The molecule has 0 aliphatic carbocycles. The van der Waals surface area contributed by atoms with Gasteiger partial charge in [-0.2, -0.15) is 5.26 Å². The van der Waals surface area contributed by atoms with Crippen molar-refractivity contribution in [1.82, 2.24) is 24.5 Å². The Labute approximate surface area is 228 Å². The lowest BCUT2D eigenvalue weighted by atomic mass is 10.0. The van der Waals surface area contributed by atoms with Crippen LogP contribution in [0.25, 0.3) is 33.7 Å². The van der Waals surface area contributed by atoms with Gasteiger partial charge in [-0.25, -0.2) is 19.3 Å². The van der Waals surface area contributed by atoms with Gasteiger partial charge in [-0.1, -0.05) is 30.0 Å². The van der Waals surface area contributed by atoms with Crippen molar-refractivity contribution in [3.63, 3.8) is 0 Å². The van der Waals surface area contributed by atoms with Crippen LogP contribution in [0.1, 0.15) is 25.0 Å². The number of nitrogens with one attached hydrogen (secondary N) is 1. The molecule has 39 heavy (non-hydrogen) atoms. The highest BCUT2D eigenvalue weighted by atomic mass is 32.2. The number of benzene rings is 2. The lowest BCUT2D eigenvalue weighted by molar-refractivity contribution is 0.404. The Morgan fingerprint density at radius 2 is 1.97 bits per heavy atom. The Hall–Kier alpha value is -4.49. The number of pyridine rings is 1. The zero-order chi connectivity index (χ0) is 27.1. The van der Waals surface area contributed by atoms with Crippen molar-refractivity contribution in [1.29, 1.82) is 5.26 Å². The molecule has 6 rings (SSSR count). The lowest BCUT2D eigenvalue weighted by Crippen LogP contribution is -2.24. The highest BCUT2D eigenvalue weighted by molar-refractivity contribution is 7.99. The van der Waals surface area contributed by atoms with Crippen LogP contribution in [0.4, 0.5) is 10.2 Å². The second-order valence-corrected chi connectivity index (χ2v) is 11.0. The minimum absolute atomic E-state index is 0.0975. The molecule has 0 atom stereocenters. The highest BCUT2D eigenvalue weighted by Gasteiger charge is 2.35. The number of aromatic hydroxyl groups is 1. The third-order valence-corrected chi connectivity index (χ3v) is 8.05. The number of imidazole rings is 1. The molecule has 3 aromatic heterocycles. The maximum atomic E-state index is 13.8. The number of aromatic nitrogens is 5. The fourth-order valence-corrected chi connectivity index (χ4v) is 5.94. The van der Waals surface area contributed by atoms with Crippen LogP contribution in [-0.2, 0) is 12.0 Å². The van der Waals surface area contributed by atoms with Crippen LogP contribution in [0.15, 0.2) is 66.1 Å². The fourth-order valence-electron chi connectivity index (χ4n) is 4.71. The summed E-state index contributed by atoms with van der Waals surface area (Å²) < 4.78 is 15.9. The Morgan fingerprint density at radius 1 is 1.10 bits per heavy atom. The Morgan fingerprint density at radius 3 is 2.79 bits per heavy atom. The molecule has 0 fully saturated rings. The Kier molecular flexibility index (Phi) is 6.16. The molecule has 0 saturated heterocycles. The molecule has 0 bridgehead atoms. The second kappa shape index (κ2) is 9.67. The van der Waals surface area contributed by atoms with Crippen molar-refractivity contribution in [3.05, 3.63) is 77.9 Å². The van der Waals surface area contributed by atoms with Crippen LogP contribution >= 0.6 is 11.8 Å². The van der Waals surface area contributed by atoms with E-state index in [-0.39, 0.29) is 17.1 Å². The highest BCUT2D eigenvalue weighted by Crippen LogP contribution is 2.41. The normalized spacial score (nSPS) is 13.8. The van der Waals surface area contributed by atoms with Gasteiger partial charge in [0.2, 0.25) is 0 Å². The minimum atomic E-state index is -0.355. The van der Waals surface area contributed by atoms with Crippen LogP contribution < -0.4 is 5.32 Å². The van der Waals surface area contributed by atoms with E-state index in [0.29, 0.717) is 52.4 Å². The van der Waals surface area contributed by atoms with E-state index in [2.05, 4.69) is 34.8 Å². The average molecular weight is 538 g/mol. The smallest absolute Gasteiger partial charge is 0.171 e. The van der Waals surface area contributed by atoms with Gasteiger partial charge in [0.15, 0.2) is 28.0 Å². The summed E-state index contributed by atoms with van der Waals surface area (Å²) in [5.74, 6) is 1.70. The van der Waals surface area contributed by atoms with E-state index in [0.717, 1.165) is 22.1 Å². The summed E-state index contributed by atoms with van der Waals surface area (Å²) in [5, 5.41) is 24.1. The van der Waals surface area contributed by atoms with Crippen molar-refractivity contribution in [2.75, 3.05) is 17.6 Å². The first kappa shape index (κ1) is 24.8. The molecule has 0 radical (unpaired) electrons. The standard InChI is InChI=1S/C29H24FN7OS/c1-29(2)16-39-28-34-24-26(35-25(36-27(24)37(28)29)20-10-18(13-31)14-32-15-20)33-9-8-17-6-7-23(38)22(11-17)19-4-3-5-21(30)12-19/h3-7,10-12,14-15,38H,8-9,16H2,1-2H3,(H,33,35,36). The number of fused-ring (bicyclic) bond motifs is 3. The molecule has 0 saturated carbocycles. The summed E-state index contributed by atoms with van der Waals surface area (Å²) in [7, 11) is 0. The molecule has 2 N–H and O–H groups in total. The van der Waals surface area contributed by atoms with Crippen LogP contribution in [0.5, 0.6) is 5.75 Å². The van der Waals surface area contributed by atoms with Crippen LogP contribution in [0.3, 0.4) is 0 Å². The monoisotopic (exact) mass is 537 g/mol. The van der Waals surface area contributed by atoms with Crippen molar-refractivity contribution < 1.29 is 9.50 Å². The van der Waals surface area contributed by atoms with E-state index < -0.39 is 0 Å². The van der Waals surface area contributed by atoms with Crippen LogP contribution in [-0.4, -0.2) is 41.9 Å². The van der Waals surface area contributed by atoms with Gasteiger partial charge in [-0.05, 0) is 61.7 Å². The number of phenols is 1. The number of thioether (sulfide) groups is 1. The first-order valence-electron chi connectivity index (χ1n) is 12.4. The molecule has 2 aromatic carbocycles. The molecular formula is C29H24FN7OS. The molecule has 0 amide bonds. The first-order valence-corrected chi connectivity index (χ1v) is 13.4. The molecule has 1 aliphatic heterocycles. The van der Waals surface area contributed by atoms with Crippen molar-refractivity contribution in [3.8, 4) is 34.3 Å². The number of hydrogen-bond donors (Lipinski definition) is 2. The number of rotatable bonds is 6. The van der Waals surface area contributed by atoms with Crippen LogP contribution in [0, 0.1) is 17.1 Å². The molecule has 10 heteroatoms. The Balaban J connectivity index is 1.34. The molecule has 0 spiro atoms. The van der Waals surface area contributed by atoms with E-state index in [1.54, 1.807) is 42.2 Å². The molecular weight excluding hydrogens is 513 g/mol. The van der Waals surface area contributed by atoms with Crippen molar-refractivity contribution >= 4 is 28.7 Å². The Bertz CT molecular complexity index is 1780. The largest absolute Gasteiger partial charge is 0.507 e. The van der Waals surface area contributed by atoms with E-state index >= 15 is 0 Å². The SMILES string of the molecule is CC1(C)CSc2nc3c(NCCc4ccc(O)c(-c5cccc(F)c5)c4)nc(-c4cncc(C#N)c4)nc3n21. The molecule has 1 aliphatic rings. The molecule has 0 unspecified atom stereocenters. The summed E-state index contributed by atoms with van der Waals surface area (Å²) in [6.07, 6.45) is 3.78. The zero-order valence-electron chi connectivity index (χ0n) is 21.3.